The summed E-state index contributed by atoms with van der Waals surface area (Å²) >= 11 is 0. The van der Waals surface area contributed by atoms with Crippen molar-refractivity contribution < 1.29 is 28.1 Å². The van der Waals surface area contributed by atoms with Crippen molar-refractivity contribution in [3.05, 3.63) is 64.7 Å². The first-order valence-electron chi connectivity index (χ1n) is 8.80. The number of hydrogen-bond donors (Lipinski definition) is 1. The quantitative estimate of drug-likeness (QED) is 0.209. The average Bonchev–Trinajstić information content (AvgIpc) is 2.65. The molecule has 0 amide bonds. The molecule has 0 saturated carbocycles. The number of rotatable bonds is 9. The third-order valence-corrected chi connectivity index (χ3v) is 5.01. The van der Waals surface area contributed by atoms with Gasteiger partial charge in [-0.05, 0) is 45.0 Å². The van der Waals surface area contributed by atoms with Gasteiger partial charge in [0.15, 0.2) is 0 Å². The molecular weight excluding hydrogens is 399 g/mol. The molecule has 29 heavy (non-hydrogen) atoms. The predicted octanol–water partition coefficient (Wildman–Crippen LogP) is 4.34. The molecule has 0 bridgehead atoms. The summed E-state index contributed by atoms with van der Waals surface area (Å²) in [6.45, 7) is 5.15. The van der Waals surface area contributed by atoms with Crippen LogP contribution in [-0.2, 0) is 14.1 Å². The molecule has 0 heterocycles. The first kappa shape index (κ1) is 22.4. The zero-order valence-corrected chi connectivity index (χ0v) is 17.3. The molecule has 0 radical (unpaired) electrons. The Morgan fingerprint density at radius 2 is 1.59 bits per heavy atom. The fourth-order valence-corrected chi connectivity index (χ4v) is 3.34. The minimum absolute atomic E-state index is 0.0128. The van der Waals surface area contributed by atoms with Crippen molar-refractivity contribution >= 4 is 19.4 Å². The lowest BCUT2D eigenvalue weighted by atomic mass is 9.97. The van der Waals surface area contributed by atoms with E-state index in [0.717, 1.165) is 0 Å². The number of nitro benzene ring substituents is 1. The van der Waals surface area contributed by atoms with E-state index in [9.17, 15) is 19.5 Å². The lowest BCUT2D eigenvalue weighted by Gasteiger charge is -2.21. The number of para-hydroxylation sites is 1. The summed E-state index contributed by atoms with van der Waals surface area (Å²) in [5.41, 5.74) is -0.780. The Morgan fingerprint density at radius 3 is 2.10 bits per heavy atom. The Balaban J connectivity index is 2.08. The van der Waals surface area contributed by atoms with Crippen molar-refractivity contribution in [2.45, 2.75) is 20.8 Å². The highest BCUT2D eigenvalue weighted by atomic mass is 31.2. The summed E-state index contributed by atoms with van der Waals surface area (Å²) in [5, 5.41) is 13.4. The number of nitrogens with one attached hydrogen (secondary N) is 1. The topological polar surface area (TPSA) is 117 Å². The molecule has 156 valence electrons. The van der Waals surface area contributed by atoms with Crippen molar-refractivity contribution in [3.8, 4) is 11.5 Å². The zero-order valence-electron chi connectivity index (χ0n) is 16.4. The Hall–Kier alpha value is -2.90. The van der Waals surface area contributed by atoms with Gasteiger partial charge in [0.2, 0.25) is 0 Å². The third-order valence-electron chi connectivity index (χ3n) is 3.49. The maximum atomic E-state index is 13.2. The smallest absolute Gasteiger partial charge is 0.464 e. The maximum Gasteiger partial charge on any atom is 0.513 e. The Labute approximate surface area is 168 Å². The van der Waals surface area contributed by atoms with E-state index in [-0.39, 0.29) is 24.6 Å². The number of nitro groups is 1. The fourth-order valence-electron chi connectivity index (χ4n) is 2.01. The molecule has 1 unspecified atom stereocenters. The van der Waals surface area contributed by atoms with Crippen LogP contribution in [-0.4, -0.2) is 24.0 Å². The Morgan fingerprint density at radius 1 is 1.03 bits per heavy atom. The first-order valence-corrected chi connectivity index (χ1v) is 10.3. The van der Waals surface area contributed by atoms with Crippen LogP contribution in [0, 0.1) is 15.5 Å². The molecule has 2 rings (SSSR count). The molecule has 2 aromatic rings. The second-order valence-electron chi connectivity index (χ2n) is 7.04. The molecule has 1 N–H and O–H groups in total. The summed E-state index contributed by atoms with van der Waals surface area (Å²) in [6, 6.07) is 13.5. The molecule has 0 aliphatic heterocycles. The van der Waals surface area contributed by atoms with Gasteiger partial charge in [0.05, 0.1) is 10.3 Å². The van der Waals surface area contributed by atoms with Gasteiger partial charge in [0.25, 0.3) is 5.69 Å². The number of esters is 1. The summed E-state index contributed by atoms with van der Waals surface area (Å²) in [4.78, 5) is 22.0. The highest BCUT2D eigenvalue weighted by molar-refractivity contribution is 7.52. The normalized spacial score (nSPS) is 13.2. The van der Waals surface area contributed by atoms with Crippen LogP contribution in [0.5, 0.6) is 11.5 Å². The second kappa shape index (κ2) is 9.54. The van der Waals surface area contributed by atoms with E-state index in [2.05, 4.69) is 5.09 Å². The highest BCUT2D eigenvalue weighted by Crippen LogP contribution is 2.44. The number of carbonyl (C=O) groups is 1. The van der Waals surface area contributed by atoms with E-state index in [4.69, 9.17) is 13.8 Å². The lowest BCUT2D eigenvalue weighted by Crippen LogP contribution is -2.28. The van der Waals surface area contributed by atoms with Crippen LogP contribution < -0.4 is 14.1 Å². The molecule has 0 saturated heterocycles. The van der Waals surface area contributed by atoms with Gasteiger partial charge in [-0.25, -0.2) is 4.57 Å². The van der Waals surface area contributed by atoms with Crippen LogP contribution in [0.25, 0.3) is 0 Å². The van der Waals surface area contributed by atoms with Gasteiger partial charge in [-0.3, -0.25) is 14.9 Å². The second-order valence-corrected chi connectivity index (χ2v) is 8.71. The minimum Gasteiger partial charge on any atom is -0.464 e. The predicted molar refractivity (Wildman–Crippen MR) is 107 cm³/mol. The number of benzene rings is 2. The van der Waals surface area contributed by atoms with E-state index in [0.29, 0.717) is 5.75 Å². The number of ether oxygens (including phenoxy) is 1. The highest BCUT2D eigenvalue weighted by Gasteiger charge is 2.29. The molecule has 0 spiro atoms. The fraction of sp³-hybridized carbons (Fsp3) is 0.316. The molecule has 0 aliphatic carbocycles. The van der Waals surface area contributed by atoms with Gasteiger partial charge in [0.1, 0.15) is 18.1 Å². The van der Waals surface area contributed by atoms with Crippen molar-refractivity contribution in [2.24, 2.45) is 5.41 Å². The lowest BCUT2D eigenvalue weighted by molar-refractivity contribution is -0.384. The third kappa shape index (κ3) is 7.21. The van der Waals surface area contributed by atoms with E-state index in [1.54, 1.807) is 51.1 Å². The average molecular weight is 422 g/mol. The molecule has 0 fully saturated rings. The largest absolute Gasteiger partial charge is 0.513 e. The zero-order chi connectivity index (χ0) is 21.5. The Bertz CT molecular complexity index is 880. The molecule has 1 atom stereocenters. The SMILES string of the molecule is CC(C)(C)C(=O)OCCNP(=O)(Oc1ccccc1)Oc1ccc([N+](=O)[O-])cc1. The van der Waals surface area contributed by atoms with Gasteiger partial charge >= 0.3 is 13.7 Å². The van der Waals surface area contributed by atoms with Crippen LogP contribution in [0.2, 0.25) is 0 Å². The van der Waals surface area contributed by atoms with E-state index >= 15 is 0 Å². The molecule has 9 nitrogen and oxygen atoms in total. The minimum atomic E-state index is -3.91. The number of carbonyl (C=O) groups excluding carboxylic acids is 1. The summed E-state index contributed by atoms with van der Waals surface area (Å²) in [7, 11) is -3.91. The standard InChI is InChI=1S/C19H23N2O7P/c1-19(2,3)18(22)26-14-13-20-29(25,27-16-7-5-4-6-8-16)28-17-11-9-15(10-12-17)21(23)24/h4-12H,13-14H2,1-3H3,(H,20,25). The van der Waals surface area contributed by atoms with Gasteiger partial charge in [0, 0.05) is 18.7 Å². The monoisotopic (exact) mass is 422 g/mol. The first-order chi connectivity index (χ1) is 13.6. The van der Waals surface area contributed by atoms with Gasteiger partial charge in [-0.15, -0.1) is 0 Å². The molecule has 0 aromatic heterocycles. The Kier molecular flexibility index (Phi) is 7.36. The van der Waals surface area contributed by atoms with Crippen molar-refractivity contribution in [2.75, 3.05) is 13.2 Å². The van der Waals surface area contributed by atoms with Gasteiger partial charge in [-0.2, -0.15) is 5.09 Å². The molecule has 10 heteroatoms. The molecule has 2 aromatic carbocycles. The summed E-state index contributed by atoms with van der Waals surface area (Å²) in [5.74, 6) is 0.0281. The van der Waals surface area contributed by atoms with Crippen LogP contribution in [0.15, 0.2) is 54.6 Å². The van der Waals surface area contributed by atoms with Crippen LogP contribution in [0.4, 0.5) is 5.69 Å². The van der Waals surface area contributed by atoms with Crippen LogP contribution in [0.1, 0.15) is 20.8 Å². The van der Waals surface area contributed by atoms with Crippen molar-refractivity contribution in [3.63, 3.8) is 0 Å². The van der Waals surface area contributed by atoms with E-state index < -0.39 is 24.1 Å². The van der Waals surface area contributed by atoms with Crippen molar-refractivity contribution in [1.29, 1.82) is 0 Å². The molecular formula is C19H23N2O7P. The summed E-state index contributed by atoms with van der Waals surface area (Å²) in [6.07, 6.45) is 0. The van der Waals surface area contributed by atoms with Crippen LogP contribution in [0.3, 0.4) is 0 Å². The van der Waals surface area contributed by atoms with E-state index in [1.165, 1.54) is 24.3 Å². The number of non-ortho nitro benzene ring substituents is 1. The van der Waals surface area contributed by atoms with Crippen molar-refractivity contribution in [1.82, 2.24) is 5.09 Å². The van der Waals surface area contributed by atoms with E-state index in [1.807, 2.05) is 0 Å². The van der Waals surface area contributed by atoms with Gasteiger partial charge < -0.3 is 13.8 Å². The maximum absolute atomic E-state index is 13.2. The summed E-state index contributed by atoms with van der Waals surface area (Å²) < 4.78 is 29.3. The number of hydrogen-bond acceptors (Lipinski definition) is 7. The molecule has 0 aliphatic rings. The van der Waals surface area contributed by atoms with Crippen LogP contribution >= 0.6 is 7.75 Å². The van der Waals surface area contributed by atoms with Gasteiger partial charge in [-0.1, -0.05) is 18.2 Å². The number of nitrogens with zero attached hydrogens (tertiary/aromatic N) is 1.